The molecule has 0 radical (unpaired) electrons. The molecule has 0 amide bonds. The Hall–Kier alpha value is -0.430. The van der Waals surface area contributed by atoms with Gasteiger partial charge in [-0.3, -0.25) is 0 Å². The van der Waals surface area contributed by atoms with E-state index >= 15 is 0 Å². The van der Waals surface area contributed by atoms with E-state index in [4.69, 9.17) is 0 Å². The van der Waals surface area contributed by atoms with Crippen LogP contribution in [0.5, 0.6) is 0 Å². The molecule has 1 aromatic heterocycles. The third-order valence-corrected chi connectivity index (χ3v) is 6.49. The molecule has 1 saturated carbocycles. The summed E-state index contributed by atoms with van der Waals surface area (Å²) in [5.41, 5.74) is 0.156. The van der Waals surface area contributed by atoms with Gasteiger partial charge in [-0.15, -0.1) is 11.3 Å². The van der Waals surface area contributed by atoms with Crippen LogP contribution in [0.3, 0.4) is 0 Å². The highest BCUT2D eigenvalue weighted by Gasteiger charge is 2.33. The molecule has 0 aromatic carbocycles. The van der Waals surface area contributed by atoms with Gasteiger partial charge in [0.1, 0.15) is 0 Å². The molecule has 0 spiro atoms. The van der Waals surface area contributed by atoms with Crippen molar-refractivity contribution in [2.75, 3.05) is 13.1 Å². The van der Waals surface area contributed by atoms with Crippen molar-refractivity contribution in [3.05, 3.63) is 16.3 Å². The number of hydrogen-bond acceptors (Lipinski definition) is 4. The summed E-state index contributed by atoms with van der Waals surface area (Å²) in [7, 11) is -3.37. The number of sulfonamides is 1. The van der Waals surface area contributed by atoms with Crippen molar-refractivity contribution in [3.63, 3.8) is 0 Å². The molecule has 0 atom stereocenters. The molecule has 1 heterocycles. The molecule has 0 saturated heterocycles. The van der Waals surface area contributed by atoms with Crippen LogP contribution < -0.4 is 10.0 Å². The first-order valence-corrected chi connectivity index (χ1v) is 9.60. The van der Waals surface area contributed by atoms with E-state index in [1.807, 2.05) is 5.38 Å². The smallest absolute Gasteiger partial charge is 0.241 e. The van der Waals surface area contributed by atoms with Crippen molar-refractivity contribution < 1.29 is 8.42 Å². The number of rotatable bonds is 8. The van der Waals surface area contributed by atoms with E-state index in [9.17, 15) is 8.42 Å². The summed E-state index contributed by atoms with van der Waals surface area (Å²) in [6.45, 7) is 6.32. The van der Waals surface area contributed by atoms with E-state index < -0.39 is 10.0 Å². The predicted molar refractivity (Wildman–Crippen MR) is 83.5 cm³/mol. The van der Waals surface area contributed by atoms with Gasteiger partial charge < -0.3 is 5.32 Å². The lowest BCUT2D eigenvalue weighted by molar-refractivity contribution is 0.166. The van der Waals surface area contributed by atoms with Crippen molar-refractivity contribution in [1.82, 2.24) is 10.0 Å². The minimum Gasteiger partial charge on any atom is -0.312 e. The Morgan fingerprint density at radius 3 is 2.75 bits per heavy atom. The lowest BCUT2D eigenvalue weighted by atomic mass is 9.71. The number of hydrogen-bond donors (Lipinski definition) is 2. The third kappa shape index (κ3) is 3.81. The van der Waals surface area contributed by atoms with Crippen LogP contribution in [0.2, 0.25) is 0 Å². The molecule has 20 heavy (non-hydrogen) atoms. The van der Waals surface area contributed by atoms with E-state index in [0.29, 0.717) is 18.0 Å². The fourth-order valence-corrected chi connectivity index (χ4v) is 4.99. The Morgan fingerprint density at radius 2 is 2.15 bits per heavy atom. The van der Waals surface area contributed by atoms with Gasteiger partial charge in [-0.25, -0.2) is 13.1 Å². The Labute approximate surface area is 126 Å². The summed E-state index contributed by atoms with van der Waals surface area (Å²) in [5, 5.41) is 5.11. The first-order valence-electron chi connectivity index (χ1n) is 7.24. The monoisotopic (exact) mass is 316 g/mol. The van der Waals surface area contributed by atoms with Gasteiger partial charge in [-0.1, -0.05) is 20.3 Å². The third-order valence-electron chi connectivity index (χ3n) is 3.96. The minimum absolute atomic E-state index is 0.156. The Kier molecular flexibility index (Phi) is 5.23. The highest BCUT2D eigenvalue weighted by molar-refractivity contribution is 7.89. The summed E-state index contributed by atoms with van der Waals surface area (Å²) in [5.74, 6) is 0. The van der Waals surface area contributed by atoms with Crippen LogP contribution >= 0.6 is 11.3 Å². The highest BCUT2D eigenvalue weighted by Crippen LogP contribution is 2.39. The zero-order chi connectivity index (χ0) is 14.6. The molecule has 2 N–H and O–H groups in total. The summed E-state index contributed by atoms with van der Waals surface area (Å²) in [4.78, 5) is 1.33. The molecule has 114 valence electrons. The van der Waals surface area contributed by atoms with E-state index in [1.54, 1.807) is 6.07 Å². The number of thiophene rings is 1. The molecule has 1 aromatic rings. The SMILES string of the molecule is CCCNCc1sccc1S(=O)(=O)NCC1(C)CCC1. The highest BCUT2D eigenvalue weighted by atomic mass is 32.2. The van der Waals surface area contributed by atoms with Gasteiger partial charge in [-0.2, -0.15) is 0 Å². The predicted octanol–water partition coefficient (Wildman–Crippen LogP) is 2.72. The normalized spacial score (nSPS) is 17.9. The summed E-state index contributed by atoms with van der Waals surface area (Å²) < 4.78 is 27.6. The second kappa shape index (κ2) is 6.56. The molecule has 4 nitrogen and oxygen atoms in total. The van der Waals surface area contributed by atoms with Crippen molar-refractivity contribution in [2.45, 2.75) is 51.0 Å². The molecule has 6 heteroatoms. The standard InChI is InChI=1S/C14H24N2O2S2/c1-3-8-15-10-12-13(5-9-19-12)20(17,18)16-11-14(2)6-4-7-14/h5,9,15-16H,3-4,6-8,10-11H2,1-2H3. The van der Waals surface area contributed by atoms with E-state index in [2.05, 4.69) is 23.9 Å². The van der Waals surface area contributed by atoms with Gasteiger partial charge in [0.2, 0.25) is 10.0 Å². The molecule has 0 aliphatic heterocycles. The summed E-state index contributed by atoms with van der Waals surface area (Å²) >= 11 is 1.50. The van der Waals surface area contributed by atoms with Crippen LogP contribution in [0.4, 0.5) is 0 Å². The number of nitrogens with one attached hydrogen (secondary N) is 2. The fraction of sp³-hybridized carbons (Fsp3) is 0.714. The summed E-state index contributed by atoms with van der Waals surface area (Å²) in [6, 6.07) is 1.71. The van der Waals surface area contributed by atoms with Crippen molar-refractivity contribution in [3.8, 4) is 0 Å². The van der Waals surface area contributed by atoms with Crippen molar-refractivity contribution in [2.24, 2.45) is 5.41 Å². The van der Waals surface area contributed by atoms with Crippen LogP contribution in [-0.4, -0.2) is 21.5 Å². The lowest BCUT2D eigenvalue weighted by Gasteiger charge is -2.38. The molecule has 1 fully saturated rings. The first kappa shape index (κ1) is 15.9. The van der Waals surface area contributed by atoms with Crippen molar-refractivity contribution in [1.29, 1.82) is 0 Å². The fourth-order valence-electron chi connectivity index (χ4n) is 2.38. The average Bonchev–Trinajstić information content (AvgIpc) is 2.84. The van der Waals surface area contributed by atoms with Gasteiger partial charge in [-0.05, 0) is 42.7 Å². The largest absolute Gasteiger partial charge is 0.312 e. The first-order chi connectivity index (χ1) is 9.47. The van der Waals surface area contributed by atoms with Crippen LogP contribution in [-0.2, 0) is 16.6 Å². The topological polar surface area (TPSA) is 58.2 Å². The van der Waals surface area contributed by atoms with Gasteiger partial charge >= 0.3 is 0 Å². The maximum atomic E-state index is 12.4. The molecule has 0 unspecified atom stereocenters. The second-order valence-corrected chi connectivity index (χ2v) is 8.61. The Bertz CT molecular complexity index is 533. The van der Waals surface area contributed by atoms with E-state index in [1.165, 1.54) is 17.8 Å². The van der Waals surface area contributed by atoms with E-state index in [0.717, 1.165) is 30.7 Å². The molecular formula is C14H24N2O2S2. The quantitative estimate of drug-likeness (QED) is 0.725. The zero-order valence-corrected chi connectivity index (χ0v) is 13.9. The maximum absolute atomic E-state index is 12.4. The lowest BCUT2D eigenvalue weighted by Crippen LogP contribution is -2.40. The van der Waals surface area contributed by atoms with Gasteiger partial charge in [0.05, 0.1) is 4.90 Å². The van der Waals surface area contributed by atoms with Crippen LogP contribution in [0, 0.1) is 5.41 Å². The molecule has 1 aliphatic rings. The van der Waals surface area contributed by atoms with Crippen LogP contribution in [0.1, 0.15) is 44.4 Å². The minimum atomic E-state index is -3.37. The van der Waals surface area contributed by atoms with Crippen LogP contribution in [0.15, 0.2) is 16.3 Å². The summed E-state index contributed by atoms with van der Waals surface area (Å²) in [6.07, 6.45) is 4.49. The average molecular weight is 316 g/mol. The van der Waals surface area contributed by atoms with Gasteiger partial charge in [0, 0.05) is 18.0 Å². The Morgan fingerprint density at radius 1 is 1.40 bits per heavy atom. The van der Waals surface area contributed by atoms with Crippen LogP contribution in [0.25, 0.3) is 0 Å². The molecule has 2 rings (SSSR count). The zero-order valence-electron chi connectivity index (χ0n) is 12.2. The second-order valence-electron chi connectivity index (χ2n) is 5.87. The molecule has 0 bridgehead atoms. The van der Waals surface area contributed by atoms with Gasteiger partial charge in [0.15, 0.2) is 0 Å². The molecular weight excluding hydrogens is 292 g/mol. The van der Waals surface area contributed by atoms with Crippen molar-refractivity contribution >= 4 is 21.4 Å². The van der Waals surface area contributed by atoms with Gasteiger partial charge in [0.25, 0.3) is 0 Å². The maximum Gasteiger partial charge on any atom is 0.241 e. The molecule has 1 aliphatic carbocycles. The van der Waals surface area contributed by atoms with E-state index in [-0.39, 0.29) is 5.41 Å². The Balaban J connectivity index is 1.99.